The molecule has 2 bridgehead atoms. The Morgan fingerprint density at radius 1 is 1.21 bits per heavy atom. The lowest BCUT2D eigenvalue weighted by molar-refractivity contribution is -0.109. The molecule has 84 valence electrons. The van der Waals surface area contributed by atoms with Gasteiger partial charge in [0.2, 0.25) is 0 Å². The molecule has 3 rings (SSSR count). The molecule has 1 heteroatoms. The summed E-state index contributed by atoms with van der Waals surface area (Å²) < 4.78 is 0. The lowest BCUT2D eigenvalue weighted by atomic mass is 9.45. The van der Waals surface area contributed by atoms with Crippen molar-refractivity contribution in [2.75, 3.05) is 6.61 Å². The van der Waals surface area contributed by atoms with E-state index in [1.807, 2.05) is 13.8 Å². The molecule has 0 radical (unpaired) electrons. The largest absolute Gasteiger partial charge is 0.396 e. The van der Waals surface area contributed by atoms with E-state index in [1.54, 1.807) is 0 Å². The lowest BCUT2D eigenvalue weighted by Crippen LogP contribution is -2.52. The molecular weight excluding hydrogens is 172 g/mol. The van der Waals surface area contributed by atoms with E-state index in [1.165, 1.54) is 19.3 Å². The van der Waals surface area contributed by atoms with Gasteiger partial charge in [-0.3, -0.25) is 0 Å². The van der Waals surface area contributed by atoms with Crippen LogP contribution in [0.2, 0.25) is 0 Å². The molecule has 0 aromatic carbocycles. The fourth-order valence-corrected chi connectivity index (χ4v) is 3.47. The minimum atomic E-state index is 0.391. The van der Waals surface area contributed by atoms with Crippen LogP contribution in [0.15, 0.2) is 0 Å². The van der Waals surface area contributed by atoms with Gasteiger partial charge in [-0.1, -0.05) is 27.7 Å². The van der Waals surface area contributed by atoms with Gasteiger partial charge in [0.15, 0.2) is 0 Å². The smallest absolute Gasteiger partial charge is 0.0433 e. The molecule has 14 heavy (non-hydrogen) atoms. The molecular formula is C13H26O. The van der Waals surface area contributed by atoms with E-state index >= 15 is 0 Å². The van der Waals surface area contributed by atoms with Crippen molar-refractivity contribution in [3.63, 3.8) is 0 Å². The summed E-state index contributed by atoms with van der Waals surface area (Å²) in [6.07, 6.45) is 5.27. The Hall–Kier alpha value is -0.0400. The van der Waals surface area contributed by atoms with Crippen LogP contribution in [0.4, 0.5) is 0 Å². The first-order valence-electron chi connectivity index (χ1n) is 6.27. The second-order valence-corrected chi connectivity index (χ2v) is 5.21. The highest BCUT2D eigenvalue weighted by atomic mass is 16.3. The average Bonchev–Trinajstić information content (AvgIpc) is 2.21. The van der Waals surface area contributed by atoms with Crippen LogP contribution in [-0.4, -0.2) is 11.7 Å². The van der Waals surface area contributed by atoms with E-state index in [2.05, 4.69) is 13.8 Å². The first kappa shape index (κ1) is 12.0. The zero-order valence-electron chi connectivity index (χ0n) is 10.2. The third-order valence-electron chi connectivity index (χ3n) is 4.50. The fraction of sp³-hybridized carbons (Fsp3) is 1.00. The molecule has 3 aliphatic carbocycles. The monoisotopic (exact) mass is 198 g/mol. The van der Waals surface area contributed by atoms with Crippen LogP contribution in [0.25, 0.3) is 0 Å². The Morgan fingerprint density at radius 2 is 1.86 bits per heavy atom. The summed E-state index contributed by atoms with van der Waals surface area (Å²) in [5, 5.41) is 8.92. The van der Waals surface area contributed by atoms with Gasteiger partial charge in [-0.2, -0.15) is 0 Å². The predicted octanol–water partition coefficient (Wildman–Crippen LogP) is 3.47. The van der Waals surface area contributed by atoms with Gasteiger partial charge in [-0.25, -0.2) is 0 Å². The van der Waals surface area contributed by atoms with Crippen molar-refractivity contribution in [1.29, 1.82) is 0 Å². The van der Waals surface area contributed by atoms with E-state index in [-0.39, 0.29) is 0 Å². The van der Waals surface area contributed by atoms with Crippen molar-refractivity contribution >= 4 is 0 Å². The summed E-state index contributed by atoms with van der Waals surface area (Å²) in [6, 6.07) is 0. The van der Waals surface area contributed by atoms with Gasteiger partial charge in [0, 0.05) is 6.61 Å². The molecule has 3 atom stereocenters. The topological polar surface area (TPSA) is 20.2 Å². The molecule has 0 saturated heterocycles. The second-order valence-electron chi connectivity index (χ2n) is 5.21. The van der Waals surface area contributed by atoms with Crippen LogP contribution in [0.5, 0.6) is 0 Å². The fourth-order valence-electron chi connectivity index (χ4n) is 3.47. The molecule has 0 spiro atoms. The van der Waals surface area contributed by atoms with Crippen LogP contribution >= 0.6 is 0 Å². The molecule has 0 amide bonds. The minimum absolute atomic E-state index is 0.391. The van der Waals surface area contributed by atoms with Crippen LogP contribution in [0.1, 0.15) is 53.4 Å². The third kappa shape index (κ3) is 1.84. The molecule has 1 nitrogen and oxygen atoms in total. The summed E-state index contributed by atoms with van der Waals surface area (Å²) in [5.74, 6) is 2.75. The highest BCUT2D eigenvalue weighted by molar-refractivity contribution is 5.02. The second kappa shape index (κ2) is 4.65. The Bertz CT molecular complexity index is 170. The number of fused-ring (bicyclic) bond motifs is 2. The van der Waals surface area contributed by atoms with Crippen LogP contribution in [-0.2, 0) is 0 Å². The normalized spacial score (nSPS) is 37.9. The summed E-state index contributed by atoms with van der Waals surface area (Å²) in [5.41, 5.74) is 0.595. The van der Waals surface area contributed by atoms with E-state index in [0.717, 1.165) is 24.2 Å². The van der Waals surface area contributed by atoms with Crippen LogP contribution in [0.3, 0.4) is 0 Å². The Morgan fingerprint density at radius 3 is 2.29 bits per heavy atom. The Kier molecular flexibility index (Phi) is 4.00. The van der Waals surface area contributed by atoms with Gasteiger partial charge >= 0.3 is 0 Å². The molecule has 0 aromatic rings. The number of hydrogen-bond acceptors (Lipinski definition) is 1. The van der Waals surface area contributed by atoms with Crippen molar-refractivity contribution in [1.82, 2.24) is 0 Å². The zero-order chi connectivity index (χ0) is 10.8. The molecule has 3 saturated carbocycles. The minimum Gasteiger partial charge on any atom is -0.396 e. The summed E-state index contributed by atoms with van der Waals surface area (Å²) in [4.78, 5) is 0. The maximum Gasteiger partial charge on any atom is 0.0433 e. The highest BCUT2D eigenvalue weighted by Gasteiger charge is 2.53. The van der Waals surface area contributed by atoms with Crippen molar-refractivity contribution in [3.05, 3.63) is 0 Å². The summed E-state index contributed by atoms with van der Waals surface area (Å²) in [6.45, 7) is 9.21. The van der Waals surface area contributed by atoms with Crippen molar-refractivity contribution < 1.29 is 5.11 Å². The van der Waals surface area contributed by atoms with E-state index in [4.69, 9.17) is 5.11 Å². The maximum atomic E-state index is 8.92. The Balaban J connectivity index is 0.000000461. The van der Waals surface area contributed by atoms with Gasteiger partial charge in [0.1, 0.15) is 0 Å². The number of hydrogen-bond donors (Lipinski definition) is 1. The Labute approximate surface area is 88.9 Å². The van der Waals surface area contributed by atoms with E-state index in [9.17, 15) is 0 Å². The van der Waals surface area contributed by atoms with Crippen LogP contribution in [0, 0.1) is 23.2 Å². The van der Waals surface area contributed by atoms with Crippen molar-refractivity contribution in [2.24, 2.45) is 23.2 Å². The summed E-state index contributed by atoms with van der Waals surface area (Å²) in [7, 11) is 0. The molecule has 3 fully saturated rings. The third-order valence-corrected chi connectivity index (χ3v) is 4.50. The van der Waals surface area contributed by atoms with E-state index in [0.29, 0.717) is 12.0 Å². The zero-order valence-corrected chi connectivity index (χ0v) is 10.2. The molecule has 0 aromatic heterocycles. The average molecular weight is 198 g/mol. The number of aliphatic hydroxyl groups excluding tert-OH is 1. The van der Waals surface area contributed by atoms with Gasteiger partial charge in [0.05, 0.1) is 0 Å². The van der Waals surface area contributed by atoms with Crippen molar-refractivity contribution in [3.8, 4) is 0 Å². The number of aliphatic hydroxyl groups is 1. The lowest BCUT2D eigenvalue weighted by Gasteiger charge is -2.60. The van der Waals surface area contributed by atoms with Crippen LogP contribution < -0.4 is 0 Å². The first-order valence-corrected chi connectivity index (χ1v) is 6.27. The molecule has 3 aliphatic rings. The quantitative estimate of drug-likeness (QED) is 0.720. The molecule has 0 aliphatic heterocycles. The molecule has 0 heterocycles. The van der Waals surface area contributed by atoms with Gasteiger partial charge < -0.3 is 5.11 Å². The van der Waals surface area contributed by atoms with Gasteiger partial charge in [-0.15, -0.1) is 0 Å². The highest BCUT2D eigenvalue weighted by Crippen LogP contribution is 2.61. The molecule has 1 N–H and O–H groups in total. The molecule has 3 unspecified atom stereocenters. The standard InChI is InChI=1S/C11H20O.C2H6/c1-11(2)9-4-3-8(5-6-12)10(11)7-9;1-2/h8-10,12H,3-7H2,1-2H3;1-2H3. The van der Waals surface area contributed by atoms with Crippen molar-refractivity contribution in [2.45, 2.75) is 53.4 Å². The van der Waals surface area contributed by atoms with E-state index < -0.39 is 0 Å². The number of rotatable bonds is 2. The maximum absolute atomic E-state index is 8.92. The van der Waals surface area contributed by atoms with Gasteiger partial charge in [-0.05, 0) is 48.9 Å². The van der Waals surface area contributed by atoms with Gasteiger partial charge in [0.25, 0.3) is 0 Å². The summed E-state index contributed by atoms with van der Waals surface area (Å²) >= 11 is 0. The SMILES string of the molecule is CC.CC1(C)C2CCC(CCO)C1C2. The first-order chi connectivity index (χ1) is 6.66. The predicted molar refractivity (Wildman–Crippen MR) is 61.2 cm³/mol.